The molecule has 0 unspecified atom stereocenters. The van der Waals surface area contributed by atoms with Crippen molar-refractivity contribution in [3.05, 3.63) is 38.9 Å². The summed E-state index contributed by atoms with van der Waals surface area (Å²) in [6.07, 6.45) is 2.22. The number of amides is 1. The summed E-state index contributed by atoms with van der Waals surface area (Å²) in [5, 5.41) is 9.28. The van der Waals surface area contributed by atoms with Crippen LogP contribution in [0, 0.1) is 0 Å². The zero-order chi connectivity index (χ0) is 16.2. The molecule has 1 aliphatic heterocycles. The van der Waals surface area contributed by atoms with Crippen LogP contribution in [0.3, 0.4) is 0 Å². The Labute approximate surface area is 144 Å². The molecule has 3 rings (SSSR count). The van der Waals surface area contributed by atoms with Crippen LogP contribution in [-0.2, 0) is 6.54 Å². The fraction of sp³-hybridized carbons (Fsp3) is 0.500. The van der Waals surface area contributed by atoms with E-state index in [1.807, 2.05) is 6.07 Å². The summed E-state index contributed by atoms with van der Waals surface area (Å²) in [6.45, 7) is 5.84. The fourth-order valence-electron chi connectivity index (χ4n) is 2.85. The Morgan fingerprint density at radius 3 is 2.96 bits per heavy atom. The topological polar surface area (TPSA) is 58.4 Å². The van der Waals surface area contributed by atoms with Crippen molar-refractivity contribution in [1.29, 1.82) is 0 Å². The lowest BCUT2D eigenvalue weighted by molar-refractivity contribution is 0.0951. The van der Waals surface area contributed by atoms with Crippen LogP contribution in [0.4, 0.5) is 0 Å². The highest BCUT2D eigenvalue weighted by Gasteiger charge is 2.22. The Balaban J connectivity index is 1.54. The number of hydrogen-bond donors (Lipinski definition) is 1. The second-order valence-corrected chi connectivity index (χ2v) is 7.03. The molecular weight excluding hydrogens is 334 g/mol. The van der Waals surface area contributed by atoms with Crippen molar-refractivity contribution < 1.29 is 9.32 Å². The third kappa shape index (κ3) is 3.94. The number of likely N-dealkylation sites (tertiary alicyclic amines) is 1. The number of carbonyl (C=O) groups excluding carboxylic acids is 1. The van der Waals surface area contributed by atoms with Gasteiger partial charge in [0.15, 0.2) is 5.76 Å². The van der Waals surface area contributed by atoms with E-state index in [2.05, 4.69) is 22.3 Å². The molecule has 1 fully saturated rings. The molecule has 1 amide bonds. The van der Waals surface area contributed by atoms with Crippen molar-refractivity contribution in [3.8, 4) is 0 Å². The van der Waals surface area contributed by atoms with E-state index in [1.54, 1.807) is 11.4 Å². The molecule has 0 radical (unpaired) electrons. The molecule has 0 spiro atoms. The minimum atomic E-state index is -0.181. The number of rotatable bonds is 5. The van der Waals surface area contributed by atoms with Crippen LogP contribution in [0.1, 0.15) is 46.8 Å². The predicted molar refractivity (Wildman–Crippen MR) is 91.1 cm³/mol. The lowest BCUT2D eigenvalue weighted by Gasteiger charge is -2.29. The molecule has 124 valence electrons. The van der Waals surface area contributed by atoms with Crippen LogP contribution in [0.15, 0.2) is 22.0 Å². The number of halogens is 1. The Morgan fingerprint density at radius 2 is 2.30 bits per heavy atom. The summed E-state index contributed by atoms with van der Waals surface area (Å²) in [7, 11) is 0. The zero-order valence-electron chi connectivity index (χ0n) is 13.0. The van der Waals surface area contributed by atoms with Crippen LogP contribution in [-0.4, -0.2) is 35.6 Å². The molecule has 1 saturated heterocycles. The van der Waals surface area contributed by atoms with Gasteiger partial charge in [-0.15, -0.1) is 11.3 Å². The molecule has 0 aliphatic carbocycles. The Hall–Kier alpha value is -1.37. The molecule has 0 saturated carbocycles. The maximum Gasteiger partial charge on any atom is 0.263 e. The van der Waals surface area contributed by atoms with Gasteiger partial charge in [-0.25, -0.2) is 0 Å². The monoisotopic (exact) mass is 353 g/mol. The van der Waals surface area contributed by atoms with Crippen LogP contribution < -0.4 is 5.32 Å². The molecule has 1 N–H and O–H groups in total. The number of thiophene rings is 1. The van der Waals surface area contributed by atoms with Crippen molar-refractivity contribution in [2.24, 2.45) is 0 Å². The van der Waals surface area contributed by atoms with Gasteiger partial charge in [-0.05, 0) is 43.9 Å². The van der Waals surface area contributed by atoms with Crippen LogP contribution in [0.5, 0.6) is 0 Å². The molecule has 2 aromatic heterocycles. The third-order valence-corrected chi connectivity index (χ3v) is 5.62. The molecule has 5 nitrogen and oxygen atoms in total. The fourth-order valence-corrected chi connectivity index (χ4v) is 3.91. The van der Waals surface area contributed by atoms with Crippen molar-refractivity contribution in [3.63, 3.8) is 0 Å². The second-order valence-electron chi connectivity index (χ2n) is 5.71. The summed E-state index contributed by atoms with van der Waals surface area (Å²) < 4.78 is 5.36. The molecule has 0 atom stereocenters. The van der Waals surface area contributed by atoms with E-state index in [0.29, 0.717) is 28.1 Å². The van der Waals surface area contributed by atoms with Crippen molar-refractivity contribution in [1.82, 2.24) is 15.4 Å². The SMILES string of the molecule is CCN1CCC(c2cc(CNC(=O)c3sccc3Cl)on2)CC1. The van der Waals surface area contributed by atoms with Gasteiger partial charge >= 0.3 is 0 Å². The van der Waals surface area contributed by atoms with E-state index >= 15 is 0 Å². The van der Waals surface area contributed by atoms with Gasteiger partial charge in [0.25, 0.3) is 5.91 Å². The summed E-state index contributed by atoms with van der Waals surface area (Å²) in [5.74, 6) is 0.955. The van der Waals surface area contributed by atoms with E-state index in [9.17, 15) is 4.79 Å². The van der Waals surface area contributed by atoms with Crippen LogP contribution in [0.25, 0.3) is 0 Å². The normalized spacial score (nSPS) is 16.6. The standard InChI is InChI=1S/C16H20ClN3O2S/c1-2-20-6-3-11(4-7-20)14-9-12(22-19-14)10-18-16(21)15-13(17)5-8-23-15/h5,8-9,11H,2-4,6-7,10H2,1H3,(H,18,21). The smallest absolute Gasteiger partial charge is 0.263 e. The Bertz CT molecular complexity index is 662. The first-order chi connectivity index (χ1) is 11.2. The summed E-state index contributed by atoms with van der Waals surface area (Å²) in [4.78, 5) is 15.0. The third-order valence-electron chi connectivity index (χ3n) is 4.28. The molecule has 1 aliphatic rings. The highest BCUT2D eigenvalue weighted by atomic mass is 35.5. The Kier molecular flexibility index (Phi) is 5.35. The van der Waals surface area contributed by atoms with Crippen LogP contribution in [0.2, 0.25) is 5.02 Å². The number of piperidine rings is 1. The average molecular weight is 354 g/mol. The second kappa shape index (κ2) is 7.47. The molecular formula is C16H20ClN3O2S. The minimum absolute atomic E-state index is 0.181. The van der Waals surface area contributed by atoms with Crippen LogP contribution >= 0.6 is 22.9 Å². The van der Waals surface area contributed by atoms with Gasteiger partial charge in [0.05, 0.1) is 17.3 Å². The summed E-state index contributed by atoms with van der Waals surface area (Å²) >= 11 is 7.28. The lowest BCUT2D eigenvalue weighted by atomic mass is 9.93. The van der Waals surface area contributed by atoms with Crippen molar-refractivity contribution >= 4 is 28.8 Å². The highest BCUT2D eigenvalue weighted by molar-refractivity contribution is 7.12. The van der Waals surface area contributed by atoms with E-state index in [-0.39, 0.29) is 5.91 Å². The first-order valence-corrected chi connectivity index (χ1v) is 9.12. The number of carbonyl (C=O) groups is 1. The van der Waals surface area contributed by atoms with Gasteiger partial charge in [-0.3, -0.25) is 4.79 Å². The summed E-state index contributed by atoms with van der Waals surface area (Å²) in [6, 6.07) is 3.68. The molecule has 23 heavy (non-hydrogen) atoms. The molecule has 0 aromatic carbocycles. The van der Waals surface area contributed by atoms with Gasteiger partial charge in [0, 0.05) is 12.0 Å². The van der Waals surface area contributed by atoms with E-state index in [4.69, 9.17) is 16.1 Å². The first kappa shape index (κ1) is 16.5. The van der Waals surface area contributed by atoms with E-state index in [1.165, 1.54) is 11.3 Å². The quantitative estimate of drug-likeness (QED) is 0.893. The van der Waals surface area contributed by atoms with Crippen molar-refractivity contribution in [2.75, 3.05) is 19.6 Å². The number of nitrogens with zero attached hydrogens (tertiary/aromatic N) is 2. The average Bonchev–Trinajstić information content (AvgIpc) is 3.22. The van der Waals surface area contributed by atoms with E-state index in [0.717, 1.165) is 38.2 Å². The lowest BCUT2D eigenvalue weighted by Crippen LogP contribution is -2.32. The van der Waals surface area contributed by atoms with Gasteiger partial charge in [0.2, 0.25) is 0 Å². The van der Waals surface area contributed by atoms with Gasteiger partial charge < -0.3 is 14.7 Å². The maximum atomic E-state index is 12.0. The summed E-state index contributed by atoms with van der Waals surface area (Å²) in [5.41, 5.74) is 0.999. The van der Waals surface area contributed by atoms with Gasteiger partial charge in [-0.1, -0.05) is 23.7 Å². The molecule has 7 heteroatoms. The number of aromatic nitrogens is 1. The van der Waals surface area contributed by atoms with E-state index < -0.39 is 0 Å². The molecule has 3 heterocycles. The maximum absolute atomic E-state index is 12.0. The number of hydrogen-bond acceptors (Lipinski definition) is 5. The first-order valence-electron chi connectivity index (χ1n) is 7.86. The minimum Gasteiger partial charge on any atom is -0.359 e. The number of nitrogens with one attached hydrogen (secondary N) is 1. The predicted octanol–water partition coefficient (Wildman–Crippen LogP) is 3.52. The van der Waals surface area contributed by atoms with Gasteiger partial charge in [0.1, 0.15) is 4.88 Å². The largest absolute Gasteiger partial charge is 0.359 e. The highest BCUT2D eigenvalue weighted by Crippen LogP contribution is 2.27. The zero-order valence-corrected chi connectivity index (χ0v) is 14.6. The molecule has 0 bridgehead atoms. The molecule has 2 aromatic rings. The Morgan fingerprint density at radius 1 is 1.52 bits per heavy atom. The van der Waals surface area contributed by atoms with Crippen molar-refractivity contribution in [2.45, 2.75) is 32.2 Å². The van der Waals surface area contributed by atoms with Gasteiger partial charge in [-0.2, -0.15) is 0 Å².